The zero-order chi connectivity index (χ0) is 18.1. The molecule has 0 aromatic carbocycles. The van der Waals surface area contributed by atoms with Crippen LogP contribution in [-0.2, 0) is 13.0 Å². The SMILES string of the molecule is CCCc1c(Cn2ccnc2-c2cccc(F)n2)ncn2cc(C)nc12. The van der Waals surface area contributed by atoms with E-state index in [9.17, 15) is 4.39 Å². The molecule has 0 radical (unpaired) electrons. The molecule has 132 valence electrons. The van der Waals surface area contributed by atoms with Gasteiger partial charge < -0.3 is 4.57 Å². The number of hydrogen-bond acceptors (Lipinski definition) is 4. The van der Waals surface area contributed by atoms with Gasteiger partial charge in [-0.2, -0.15) is 4.39 Å². The first-order valence-corrected chi connectivity index (χ1v) is 8.62. The van der Waals surface area contributed by atoms with Crippen molar-refractivity contribution in [1.29, 1.82) is 0 Å². The van der Waals surface area contributed by atoms with Crippen LogP contribution in [0.4, 0.5) is 4.39 Å². The highest BCUT2D eigenvalue weighted by molar-refractivity contribution is 5.52. The first-order chi connectivity index (χ1) is 12.7. The van der Waals surface area contributed by atoms with Crippen molar-refractivity contribution in [2.45, 2.75) is 33.2 Å². The molecule has 4 aromatic heterocycles. The summed E-state index contributed by atoms with van der Waals surface area (Å²) in [6.07, 6.45) is 9.22. The number of fused-ring (bicyclic) bond motifs is 1. The Morgan fingerprint density at radius 1 is 1.15 bits per heavy atom. The first kappa shape index (κ1) is 16.4. The van der Waals surface area contributed by atoms with E-state index in [0.717, 1.165) is 35.4 Å². The zero-order valence-electron chi connectivity index (χ0n) is 14.7. The molecular weight excluding hydrogens is 331 g/mol. The lowest BCUT2D eigenvalue weighted by atomic mass is 10.1. The van der Waals surface area contributed by atoms with Crippen LogP contribution in [0.25, 0.3) is 17.2 Å². The van der Waals surface area contributed by atoms with E-state index in [1.54, 1.807) is 24.7 Å². The van der Waals surface area contributed by atoms with Gasteiger partial charge >= 0.3 is 0 Å². The van der Waals surface area contributed by atoms with Crippen LogP contribution in [0.3, 0.4) is 0 Å². The molecule has 26 heavy (non-hydrogen) atoms. The fraction of sp³-hybridized carbons (Fsp3) is 0.263. The predicted molar refractivity (Wildman–Crippen MR) is 96.2 cm³/mol. The molecule has 0 aliphatic rings. The van der Waals surface area contributed by atoms with Crippen molar-refractivity contribution in [3.05, 3.63) is 66.0 Å². The molecule has 4 aromatic rings. The Balaban J connectivity index is 1.77. The molecular formula is C19H19FN6. The number of aryl methyl sites for hydroxylation is 2. The Bertz CT molecular complexity index is 1070. The molecule has 0 atom stereocenters. The lowest BCUT2D eigenvalue weighted by molar-refractivity contribution is 0.584. The van der Waals surface area contributed by atoms with E-state index < -0.39 is 5.95 Å². The van der Waals surface area contributed by atoms with Crippen LogP contribution in [0, 0.1) is 12.9 Å². The smallest absolute Gasteiger partial charge is 0.213 e. The summed E-state index contributed by atoms with van der Waals surface area (Å²) in [6.45, 7) is 4.65. The van der Waals surface area contributed by atoms with Crippen molar-refractivity contribution in [2.24, 2.45) is 0 Å². The maximum Gasteiger partial charge on any atom is 0.213 e. The summed E-state index contributed by atoms with van der Waals surface area (Å²) >= 11 is 0. The van der Waals surface area contributed by atoms with Gasteiger partial charge in [0.1, 0.15) is 17.7 Å². The zero-order valence-corrected chi connectivity index (χ0v) is 14.7. The highest BCUT2D eigenvalue weighted by Crippen LogP contribution is 2.20. The summed E-state index contributed by atoms with van der Waals surface area (Å²) in [6, 6.07) is 4.71. The van der Waals surface area contributed by atoms with E-state index in [1.165, 1.54) is 6.07 Å². The number of aromatic nitrogens is 6. The second-order valence-corrected chi connectivity index (χ2v) is 6.26. The third kappa shape index (κ3) is 2.96. The summed E-state index contributed by atoms with van der Waals surface area (Å²) in [7, 11) is 0. The van der Waals surface area contributed by atoms with Gasteiger partial charge in [-0.15, -0.1) is 0 Å². The van der Waals surface area contributed by atoms with E-state index in [-0.39, 0.29) is 0 Å². The van der Waals surface area contributed by atoms with Gasteiger partial charge in [-0.25, -0.2) is 19.9 Å². The average molecular weight is 350 g/mol. The van der Waals surface area contributed by atoms with Gasteiger partial charge in [0, 0.05) is 24.2 Å². The molecule has 6 nitrogen and oxygen atoms in total. The van der Waals surface area contributed by atoms with Crippen LogP contribution < -0.4 is 0 Å². The number of imidazole rings is 2. The molecule has 0 bridgehead atoms. The Labute approximate surface area is 150 Å². The molecule has 0 saturated heterocycles. The Hall–Kier alpha value is -3.09. The number of halogens is 1. The van der Waals surface area contributed by atoms with E-state index in [4.69, 9.17) is 0 Å². The van der Waals surface area contributed by atoms with E-state index in [2.05, 4.69) is 26.9 Å². The lowest BCUT2D eigenvalue weighted by Gasteiger charge is -2.12. The van der Waals surface area contributed by atoms with Gasteiger partial charge in [-0.1, -0.05) is 19.4 Å². The summed E-state index contributed by atoms with van der Waals surface area (Å²) in [4.78, 5) is 17.6. The summed E-state index contributed by atoms with van der Waals surface area (Å²) in [5.41, 5.74) is 4.49. The maximum absolute atomic E-state index is 13.5. The minimum absolute atomic E-state index is 0.504. The van der Waals surface area contributed by atoms with Gasteiger partial charge in [0.2, 0.25) is 5.95 Å². The molecule has 0 unspecified atom stereocenters. The molecule has 0 aliphatic heterocycles. The van der Waals surface area contributed by atoms with Crippen molar-refractivity contribution in [3.8, 4) is 11.5 Å². The summed E-state index contributed by atoms with van der Waals surface area (Å²) in [5, 5.41) is 0. The largest absolute Gasteiger partial charge is 0.324 e. The Morgan fingerprint density at radius 2 is 2.04 bits per heavy atom. The van der Waals surface area contributed by atoms with Crippen LogP contribution in [0.1, 0.15) is 30.3 Å². The number of hydrogen-bond donors (Lipinski definition) is 0. The quantitative estimate of drug-likeness (QED) is 0.517. The molecule has 0 N–H and O–H groups in total. The van der Waals surface area contributed by atoms with Crippen LogP contribution in [0.2, 0.25) is 0 Å². The highest BCUT2D eigenvalue weighted by Gasteiger charge is 2.15. The fourth-order valence-electron chi connectivity index (χ4n) is 3.17. The molecule has 0 amide bonds. The molecule has 4 heterocycles. The topological polar surface area (TPSA) is 60.9 Å². The molecule has 0 spiro atoms. The fourth-order valence-corrected chi connectivity index (χ4v) is 3.17. The standard InChI is InChI=1S/C19H19FN6/c1-3-5-14-16(22-12-26-10-13(2)23-18(14)26)11-25-9-8-21-19(25)15-6-4-7-17(20)24-15/h4,6-10,12H,3,5,11H2,1-2H3. The molecule has 4 rings (SSSR count). The van der Waals surface area contributed by atoms with E-state index >= 15 is 0 Å². The third-order valence-electron chi connectivity index (χ3n) is 4.29. The second kappa shape index (κ2) is 6.67. The second-order valence-electron chi connectivity index (χ2n) is 6.26. The molecule has 7 heteroatoms. The van der Waals surface area contributed by atoms with Crippen LogP contribution in [0.15, 0.2) is 43.1 Å². The van der Waals surface area contributed by atoms with Crippen molar-refractivity contribution in [2.75, 3.05) is 0 Å². The van der Waals surface area contributed by atoms with Crippen molar-refractivity contribution >= 4 is 5.65 Å². The minimum Gasteiger partial charge on any atom is -0.324 e. The van der Waals surface area contributed by atoms with E-state index in [0.29, 0.717) is 18.1 Å². The number of pyridine rings is 1. The van der Waals surface area contributed by atoms with Crippen LogP contribution in [-0.4, -0.2) is 28.9 Å². The number of nitrogens with zero attached hydrogens (tertiary/aromatic N) is 6. The maximum atomic E-state index is 13.5. The molecule has 0 aliphatic carbocycles. The van der Waals surface area contributed by atoms with Gasteiger partial charge in [0.25, 0.3) is 0 Å². The summed E-state index contributed by atoms with van der Waals surface area (Å²) < 4.78 is 17.4. The average Bonchev–Trinajstić information content (AvgIpc) is 3.23. The Morgan fingerprint density at radius 3 is 2.85 bits per heavy atom. The van der Waals surface area contributed by atoms with E-state index in [1.807, 2.05) is 28.3 Å². The van der Waals surface area contributed by atoms with Crippen molar-refractivity contribution < 1.29 is 4.39 Å². The van der Waals surface area contributed by atoms with Gasteiger partial charge in [0.05, 0.1) is 17.9 Å². The normalized spacial score (nSPS) is 11.3. The van der Waals surface area contributed by atoms with Crippen molar-refractivity contribution in [1.82, 2.24) is 28.9 Å². The molecule has 0 saturated carbocycles. The summed E-state index contributed by atoms with van der Waals surface area (Å²) in [5.74, 6) is 0.101. The van der Waals surface area contributed by atoms with Gasteiger partial charge in [0.15, 0.2) is 5.82 Å². The first-order valence-electron chi connectivity index (χ1n) is 8.62. The lowest BCUT2D eigenvalue weighted by Crippen LogP contribution is -2.09. The van der Waals surface area contributed by atoms with Crippen LogP contribution in [0.5, 0.6) is 0 Å². The number of rotatable bonds is 5. The third-order valence-corrected chi connectivity index (χ3v) is 4.29. The molecule has 0 fully saturated rings. The van der Waals surface area contributed by atoms with Gasteiger partial charge in [-0.3, -0.25) is 4.40 Å². The van der Waals surface area contributed by atoms with Crippen LogP contribution >= 0.6 is 0 Å². The monoisotopic (exact) mass is 350 g/mol. The Kier molecular flexibility index (Phi) is 4.20. The minimum atomic E-state index is -0.517. The van der Waals surface area contributed by atoms with Gasteiger partial charge in [-0.05, 0) is 25.5 Å². The highest BCUT2D eigenvalue weighted by atomic mass is 19.1. The van der Waals surface area contributed by atoms with Crippen molar-refractivity contribution in [3.63, 3.8) is 0 Å². The predicted octanol–water partition coefficient (Wildman–Crippen LogP) is 3.44.